The van der Waals surface area contributed by atoms with Crippen molar-refractivity contribution in [3.8, 4) is 22.6 Å². The van der Waals surface area contributed by atoms with Crippen molar-refractivity contribution in [3.05, 3.63) is 30.1 Å². The second-order valence-corrected chi connectivity index (χ2v) is 3.94. The maximum atomic E-state index is 11.2. The van der Waals surface area contributed by atoms with Crippen molar-refractivity contribution in [2.75, 3.05) is 14.2 Å². The number of nitrogens with zero attached hydrogens (tertiary/aromatic N) is 2. The van der Waals surface area contributed by atoms with Crippen molar-refractivity contribution in [3.63, 3.8) is 0 Å². The maximum absolute atomic E-state index is 11.2. The summed E-state index contributed by atoms with van der Waals surface area (Å²) in [6.07, 6.45) is 1.65. The molecule has 2 aromatic rings. The molecule has 0 aliphatic rings. The number of hydrogen-bond donors (Lipinski definition) is 1. The van der Waals surface area contributed by atoms with Gasteiger partial charge in [-0.25, -0.2) is 4.79 Å². The molecule has 0 amide bonds. The number of carboxylic acids is 1. The lowest BCUT2D eigenvalue weighted by Gasteiger charge is -2.09. The Morgan fingerprint density at radius 1 is 1.26 bits per heavy atom. The highest BCUT2D eigenvalue weighted by atomic mass is 16.5. The Kier molecular flexibility index (Phi) is 3.41. The summed E-state index contributed by atoms with van der Waals surface area (Å²) in [6, 6.07) is 5.20. The van der Waals surface area contributed by atoms with Crippen LogP contribution in [0.4, 0.5) is 0 Å². The lowest BCUT2D eigenvalue weighted by atomic mass is 10.0. The van der Waals surface area contributed by atoms with E-state index in [4.69, 9.17) is 14.6 Å². The average molecular weight is 262 g/mol. The summed E-state index contributed by atoms with van der Waals surface area (Å²) < 4.78 is 11.9. The minimum absolute atomic E-state index is 0.00836. The van der Waals surface area contributed by atoms with Crippen molar-refractivity contribution in [2.24, 2.45) is 7.05 Å². The fourth-order valence-corrected chi connectivity index (χ4v) is 1.86. The van der Waals surface area contributed by atoms with E-state index in [2.05, 4.69) is 5.10 Å². The van der Waals surface area contributed by atoms with Crippen molar-refractivity contribution in [1.82, 2.24) is 9.78 Å². The molecule has 1 heterocycles. The molecule has 19 heavy (non-hydrogen) atoms. The summed E-state index contributed by atoms with van der Waals surface area (Å²) >= 11 is 0. The van der Waals surface area contributed by atoms with Crippen LogP contribution >= 0.6 is 0 Å². The van der Waals surface area contributed by atoms with E-state index in [-0.39, 0.29) is 5.69 Å². The van der Waals surface area contributed by atoms with Crippen molar-refractivity contribution < 1.29 is 19.4 Å². The fourth-order valence-electron chi connectivity index (χ4n) is 1.86. The standard InChI is InChI=1S/C13H14N2O4/c1-15-7-10(12(14-15)13(16)17)9-5-4-8(18-2)6-11(9)19-3/h4-7H,1-3H3,(H,16,17). The highest BCUT2D eigenvalue weighted by molar-refractivity contribution is 5.94. The zero-order valence-corrected chi connectivity index (χ0v) is 10.9. The molecule has 0 saturated heterocycles. The van der Waals surface area contributed by atoms with Crippen molar-refractivity contribution in [1.29, 1.82) is 0 Å². The molecular formula is C13H14N2O4. The van der Waals surface area contributed by atoms with E-state index in [0.29, 0.717) is 22.6 Å². The number of rotatable bonds is 4. The molecule has 0 saturated carbocycles. The maximum Gasteiger partial charge on any atom is 0.357 e. The highest BCUT2D eigenvalue weighted by Gasteiger charge is 2.19. The molecule has 0 unspecified atom stereocenters. The monoisotopic (exact) mass is 262 g/mol. The van der Waals surface area contributed by atoms with Crippen LogP contribution in [-0.2, 0) is 7.05 Å². The molecule has 0 fully saturated rings. The van der Waals surface area contributed by atoms with E-state index in [1.807, 2.05) is 0 Å². The first-order chi connectivity index (χ1) is 9.06. The molecule has 1 aromatic heterocycles. The first-order valence-electron chi connectivity index (χ1n) is 5.56. The van der Waals surface area contributed by atoms with Crippen LogP contribution in [0.15, 0.2) is 24.4 Å². The number of carbonyl (C=O) groups is 1. The Hall–Kier alpha value is -2.50. The molecule has 100 valence electrons. The Morgan fingerprint density at radius 2 is 2.00 bits per heavy atom. The third-order valence-corrected chi connectivity index (χ3v) is 2.73. The summed E-state index contributed by atoms with van der Waals surface area (Å²) in [7, 11) is 4.75. The zero-order valence-electron chi connectivity index (χ0n) is 10.9. The SMILES string of the molecule is COc1ccc(-c2cn(C)nc2C(=O)O)c(OC)c1. The number of ether oxygens (including phenoxy) is 2. The lowest BCUT2D eigenvalue weighted by molar-refractivity contribution is 0.0690. The molecule has 0 bridgehead atoms. The molecular weight excluding hydrogens is 248 g/mol. The van der Waals surface area contributed by atoms with Gasteiger partial charge in [0, 0.05) is 30.4 Å². The number of benzene rings is 1. The number of hydrogen-bond acceptors (Lipinski definition) is 4. The van der Waals surface area contributed by atoms with Crippen LogP contribution in [0, 0.1) is 0 Å². The van der Waals surface area contributed by atoms with Gasteiger partial charge >= 0.3 is 5.97 Å². The first-order valence-corrected chi connectivity index (χ1v) is 5.56. The third kappa shape index (κ3) is 2.37. The van der Waals surface area contributed by atoms with E-state index in [1.165, 1.54) is 11.8 Å². The van der Waals surface area contributed by atoms with E-state index < -0.39 is 5.97 Å². The third-order valence-electron chi connectivity index (χ3n) is 2.73. The molecule has 0 aliphatic carbocycles. The second-order valence-electron chi connectivity index (χ2n) is 3.94. The normalized spacial score (nSPS) is 10.3. The zero-order chi connectivity index (χ0) is 14.0. The van der Waals surface area contributed by atoms with Gasteiger partial charge in [-0.15, -0.1) is 0 Å². The Bertz CT molecular complexity index is 619. The number of aromatic carboxylic acids is 1. The van der Waals surface area contributed by atoms with Crippen LogP contribution in [0.25, 0.3) is 11.1 Å². The minimum atomic E-state index is -1.08. The van der Waals surface area contributed by atoms with Gasteiger partial charge in [0.05, 0.1) is 14.2 Å². The molecule has 6 heteroatoms. The first kappa shape index (κ1) is 12.9. The minimum Gasteiger partial charge on any atom is -0.497 e. The van der Waals surface area contributed by atoms with Gasteiger partial charge in [0.1, 0.15) is 11.5 Å². The van der Waals surface area contributed by atoms with Gasteiger partial charge < -0.3 is 14.6 Å². The molecule has 0 aliphatic heterocycles. The van der Waals surface area contributed by atoms with Crippen molar-refractivity contribution in [2.45, 2.75) is 0 Å². The molecule has 0 radical (unpaired) electrons. The topological polar surface area (TPSA) is 73.6 Å². The summed E-state index contributed by atoms with van der Waals surface area (Å²) in [4.78, 5) is 11.2. The van der Waals surface area contributed by atoms with Gasteiger partial charge in [-0.2, -0.15) is 5.10 Å². The molecule has 1 N–H and O–H groups in total. The van der Waals surface area contributed by atoms with Gasteiger partial charge in [0.25, 0.3) is 0 Å². The Balaban J connectivity index is 2.61. The van der Waals surface area contributed by atoms with Gasteiger partial charge in [0.2, 0.25) is 0 Å². The number of methoxy groups -OCH3 is 2. The van der Waals surface area contributed by atoms with Gasteiger partial charge in [-0.05, 0) is 12.1 Å². The lowest BCUT2D eigenvalue weighted by Crippen LogP contribution is -2.01. The summed E-state index contributed by atoms with van der Waals surface area (Å²) in [5.74, 6) is 0.102. The predicted molar refractivity (Wildman–Crippen MR) is 68.7 cm³/mol. The van der Waals surface area contributed by atoms with Crippen molar-refractivity contribution >= 4 is 5.97 Å². The smallest absolute Gasteiger partial charge is 0.357 e. The van der Waals surface area contributed by atoms with E-state index >= 15 is 0 Å². The molecule has 0 atom stereocenters. The fraction of sp³-hybridized carbons (Fsp3) is 0.231. The Labute approximate surface area is 110 Å². The largest absolute Gasteiger partial charge is 0.497 e. The van der Waals surface area contributed by atoms with Crippen LogP contribution in [0.3, 0.4) is 0 Å². The molecule has 1 aromatic carbocycles. The quantitative estimate of drug-likeness (QED) is 0.909. The average Bonchev–Trinajstić information content (AvgIpc) is 2.80. The van der Waals surface area contributed by atoms with E-state index in [9.17, 15) is 4.79 Å². The predicted octanol–water partition coefficient (Wildman–Crippen LogP) is 1.80. The van der Waals surface area contributed by atoms with Crippen LogP contribution in [0.5, 0.6) is 11.5 Å². The van der Waals surface area contributed by atoms with Gasteiger partial charge in [0.15, 0.2) is 5.69 Å². The van der Waals surface area contributed by atoms with Crippen LogP contribution in [0.1, 0.15) is 10.5 Å². The summed E-state index contributed by atoms with van der Waals surface area (Å²) in [6.45, 7) is 0. The number of aryl methyl sites for hydroxylation is 1. The van der Waals surface area contributed by atoms with Gasteiger partial charge in [-0.1, -0.05) is 0 Å². The summed E-state index contributed by atoms with van der Waals surface area (Å²) in [5.41, 5.74) is 1.16. The van der Waals surface area contributed by atoms with E-state index in [0.717, 1.165) is 0 Å². The Morgan fingerprint density at radius 3 is 2.58 bits per heavy atom. The number of aromatic nitrogens is 2. The molecule has 2 rings (SSSR count). The summed E-state index contributed by atoms with van der Waals surface area (Å²) in [5, 5.41) is 13.1. The highest BCUT2D eigenvalue weighted by Crippen LogP contribution is 2.34. The van der Waals surface area contributed by atoms with Crippen LogP contribution < -0.4 is 9.47 Å². The molecule has 6 nitrogen and oxygen atoms in total. The molecule has 0 spiro atoms. The van der Waals surface area contributed by atoms with E-state index in [1.54, 1.807) is 38.6 Å². The van der Waals surface area contributed by atoms with Gasteiger partial charge in [-0.3, -0.25) is 4.68 Å². The van der Waals surface area contributed by atoms with Crippen LogP contribution in [0.2, 0.25) is 0 Å². The second kappa shape index (κ2) is 5.01. The number of carboxylic acid groups (broad SMARTS) is 1. The van der Waals surface area contributed by atoms with Crippen LogP contribution in [-0.4, -0.2) is 35.1 Å².